The van der Waals surface area contributed by atoms with Gasteiger partial charge in [0.15, 0.2) is 0 Å². The van der Waals surface area contributed by atoms with Crippen LogP contribution in [0.1, 0.15) is 32.1 Å². The molecule has 1 aromatic rings. The molecule has 0 aromatic carbocycles. The first kappa shape index (κ1) is 13.7. The third-order valence-corrected chi connectivity index (χ3v) is 4.43. The monoisotopic (exact) mass is 294 g/mol. The van der Waals surface area contributed by atoms with E-state index in [1.54, 1.807) is 18.3 Å². The van der Waals surface area contributed by atoms with E-state index in [1.165, 1.54) is 25.7 Å². The first-order valence-electron chi connectivity index (χ1n) is 7.27. The Kier molecular flexibility index (Phi) is 4.10. The highest BCUT2D eigenvalue weighted by Gasteiger charge is 2.34. The Hall–Kier alpha value is -1.29. The van der Waals surface area contributed by atoms with E-state index in [0.29, 0.717) is 36.3 Å². The second-order valence-corrected chi connectivity index (χ2v) is 6.09. The van der Waals surface area contributed by atoms with Crippen molar-refractivity contribution in [1.29, 1.82) is 0 Å². The molecule has 2 aliphatic rings. The van der Waals surface area contributed by atoms with Crippen LogP contribution in [0.5, 0.6) is 5.88 Å². The average Bonchev–Trinajstić information content (AvgIpc) is 2.88. The van der Waals surface area contributed by atoms with E-state index in [4.69, 9.17) is 16.3 Å². The van der Waals surface area contributed by atoms with Crippen LogP contribution in [-0.4, -0.2) is 35.0 Å². The van der Waals surface area contributed by atoms with Crippen molar-refractivity contribution in [1.82, 2.24) is 9.88 Å². The summed E-state index contributed by atoms with van der Waals surface area (Å²) in [6.45, 7) is 1.30. The van der Waals surface area contributed by atoms with E-state index < -0.39 is 0 Å². The summed E-state index contributed by atoms with van der Waals surface area (Å²) in [7, 11) is 0. The number of ether oxygens (including phenoxy) is 1. The summed E-state index contributed by atoms with van der Waals surface area (Å²) in [6.07, 6.45) is 7.37. The molecule has 1 aliphatic carbocycles. The number of carbonyl (C=O) groups excluding carboxylic acids is 1. The number of halogens is 1. The lowest BCUT2D eigenvalue weighted by molar-refractivity contribution is -0.141. The van der Waals surface area contributed by atoms with Gasteiger partial charge in [-0.2, -0.15) is 0 Å². The maximum atomic E-state index is 12.1. The molecule has 0 spiro atoms. The van der Waals surface area contributed by atoms with E-state index in [0.717, 1.165) is 0 Å². The molecular formula is C15H19ClN2O2. The zero-order chi connectivity index (χ0) is 13.9. The number of likely N-dealkylation sites (tertiary alicyclic amines) is 1. The Balaban J connectivity index is 1.44. The number of nitrogens with zero attached hydrogens (tertiary/aromatic N) is 2. The molecule has 0 atom stereocenters. The zero-order valence-corrected chi connectivity index (χ0v) is 12.2. The van der Waals surface area contributed by atoms with Crippen molar-refractivity contribution in [3.8, 4) is 5.88 Å². The Morgan fingerprint density at radius 3 is 2.85 bits per heavy atom. The molecule has 0 unspecified atom stereocenters. The standard InChI is InChI=1S/C15H19ClN2O2/c16-13-6-3-7-17-15(13)20-12-9-18(10-12)14(19)8-11-4-1-2-5-11/h3,6-7,11-12H,1-2,4-5,8-10H2. The summed E-state index contributed by atoms with van der Waals surface area (Å²) in [6, 6.07) is 3.53. The maximum absolute atomic E-state index is 12.1. The normalized spacial score (nSPS) is 19.9. The first-order chi connectivity index (χ1) is 9.72. The van der Waals surface area contributed by atoms with Crippen molar-refractivity contribution in [2.45, 2.75) is 38.2 Å². The van der Waals surface area contributed by atoms with Crippen LogP contribution in [0.4, 0.5) is 0 Å². The predicted molar refractivity (Wildman–Crippen MR) is 76.8 cm³/mol. The van der Waals surface area contributed by atoms with Gasteiger partial charge in [0.2, 0.25) is 11.8 Å². The fourth-order valence-corrected chi connectivity index (χ4v) is 3.09. The van der Waals surface area contributed by atoms with Crippen LogP contribution in [0.15, 0.2) is 18.3 Å². The predicted octanol–water partition coefficient (Wildman–Crippen LogP) is 2.90. The number of hydrogen-bond acceptors (Lipinski definition) is 3. The van der Waals surface area contributed by atoms with Crippen molar-refractivity contribution in [2.75, 3.05) is 13.1 Å². The third kappa shape index (κ3) is 3.06. The molecule has 0 bridgehead atoms. The lowest BCUT2D eigenvalue weighted by atomic mass is 10.0. The topological polar surface area (TPSA) is 42.4 Å². The summed E-state index contributed by atoms with van der Waals surface area (Å²) < 4.78 is 5.69. The molecule has 3 rings (SSSR count). The SMILES string of the molecule is O=C(CC1CCCC1)N1CC(Oc2ncccc2Cl)C1. The van der Waals surface area contributed by atoms with Gasteiger partial charge in [-0.25, -0.2) is 4.98 Å². The highest BCUT2D eigenvalue weighted by molar-refractivity contribution is 6.31. The van der Waals surface area contributed by atoms with Gasteiger partial charge >= 0.3 is 0 Å². The zero-order valence-electron chi connectivity index (χ0n) is 11.4. The maximum Gasteiger partial charge on any atom is 0.232 e. The van der Waals surface area contributed by atoms with Gasteiger partial charge in [-0.05, 0) is 30.9 Å². The van der Waals surface area contributed by atoms with Crippen LogP contribution < -0.4 is 4.74 Å². The van der Waals surface area contributed by atoms with Gasteiger partial charge in [0.1, 0.15) is 11.1 Å². The molecule has 2 fully saturated rings. The van der Waals surface area contributed by atoms with Crippen molar-refractivity contribution in [3.05, 3.63) is 23.4 Å². The Labute approximate surface area is 124 Å². The molecule has 1 saturated heterocycles. The summed E-state index contributed by atoms with van der Waals surface area (Å²) in [4.78, 5) is 18.0. The van der Waals surface area contributed by atoms with Crippen LogP contribution in [0.3, 0.4) is 0 Å². The smallest absolute Gasteiger partial charge is 0.232 e. The first-order valence-corrected chi connectivity index (χ1v) is 7.65. The molecule has 4 nitrogen and oxygen atoms in total. The Bertz CT molecular complexity index is 483. The summed E-state index contributed by atoms with van der Waals surface area (Å²) in [5, 5.41) is 0.517. The Morgan fingerprint density at radius 2 is 2.15 bits per heavy atom. The number of hydrogen-bond donors (Lipinski definition) is 0. The minimum absolute atomic E-state index is 0.0231. The van der Waals surface area contributed by atoms with E-state index in [2.05, 4.69) is 4.98 Å². The summed E-state index contributed by atoms with van der Waals surface area (Å²) >= 11 is 5.99. The quantitative estimate of drug-likeness (QED) is 0.857. The van der Waals surface area contributed by atoms with Crippen molar-refractivity contribution >= 4 is 17.5 Å². The van der Waals surface area contributed by atoms with Gasteiger partial charge in [-0.3, -0.25) is 4.79 Å². The Morgan fingerprint density at radius 1 is 1.40 bits per heavy atom. The van der Waals surface area contributed by atoms with E-state index in [1.807, 2.05) is 4.90 Å². The lowest BCUT2D eigenvalue weighted by Gasteiger charge is -2.39. The molecule has 0 N–H and O–H groups in total. The van der Waals surface area contributed by atoms with Gasteiger partial charge in [0.05, 0.1) is 13.1 Å². The van der Waals surface area contributed by atoms with E-state index >= 15 is 0 Å². The second-order valence-electron chi connectivity index (χ2n) is 5.68. The molecule has 0 radical (unpaired) electrons. The fourth-order valence-electron chi connectivity index (χ4n) is 2.92. The average molecular weight is 295 g/mol. The molecule has 1 aromatic heterocycles. The molecule has 108 valence electrons. The van der Waals surface area contributed by atoms with Gasteiger partial charge in [-0.15, -0.1) is 0 Å². The van der Waals surface area contributed by atoms with Gasteiger partial charge in [-0.1, -0.05) is 24.4 Å². The minimum atomic E-state index is 0.0231. The van der Waals surface area contributed by atoms with E-state index in [9.17, 15) is 4.79 Å². The fraction of sp³-hybridized carbons (Fsp3) is 0.600. The number of aromatic nitrogens is 1. The number of amides is 1. The lowest BCUT2D eigenvalue weighted by Crippen LogP contribution is -2.56. The number of rotatable bonds is 4. The summed E-state index contributed by atoms with van der Waals surface area (Å²) in [5.74, 6) is 1.33. The highest BCUT2D eigenvalue weighted by Crippen LogP contribution is 2.29. The van der Waals surface area contributed by atoms with E-state index in [-0.39, 0.29) is 12.0 Å². The van der Waals surface area contributed by atoms with Crippen molar-refractivity contribution in [3.63, 3.8) is 0 Å². The summed E-state index contributed by atoms with van der Waals surface area (Å²) in [5.41, 5.74) is 0. The molecule has 2 heterocycles. The minimum Gasteiger partial charge on any atom is -0.470 e. The van der Waals surface area contributed by atoms with Crippen LogP contribution in [0.2, 0.25) is 5.02 Å². The third-order valence-electron chi connectivity index (χ3n) is 4.14. The van der Waals surface area contributed by atoms with Crippen LogP contribution in [0, 0.1) is 5.92 Å². The van der Waals surface area contributed by atoms with Gasteiger partial charge < -0.3 is 9.64 Å². The molecule has 1 aliphatic heterocycles. The molecular weight excluding hydrogens is 276 g/mol. The van der Waals surface area contributed by atoms with Crippen molar-refractivity contribution < 1.29 is 9.53 Å². The van der Waals surface area contributed by atoms with Crippen molar-refractivity contribution in [2.24, 2.45) is 5.92 Å². The molecule has 1 amide bonds. The highest BCUT2D eigenvalue weighted by atomic mass is 35.5. The largest absolute Gasteiger partial charge is 0.470 e. The van der Waals surface area contributed by atoms with Crippen LogP contribution in [-0.2, 0) is 4.79 Å². The molecule has 20 heavy (non-hydrogen) atoms. The van der Waals surface area contributed by atoms with Crippen LogP contribution in [0.25, 0.3) is 0 Å². The number of pyridine rings is 1. The molecule has 5 heteroatoms. The van der Waals surface area contributed by atoms with Gasteiger partial charge in [0, 0.05) is 12.6 Å². The number of carbonyl (C=O) groups is 1. The van der Waals surface area contributed by atoms with Gasteiger partial charge in [0.25, 0.3) is 0 Å². The second kappa shape index (κ2) is 6.00. The van der Waals surface area contributed by atoms with Crippen LogP contribution >= 0.6 is 11.6 Å². The molecule has 1 saturated carbocycles.